The molecule has 0 amide bonds. The highest BCUT2D eigenvalue weighted by Crippen LogP contribution is 2.17. The van der Waals surface area contributed by atoms with Crippen LogP contribution in [-0.4, -0.2) is 13.3 Å². The summed E-state index contributed by atoms with van der Waals surface area (Å²) >= 11 is -2.13. The zero-order valence-electron chi connectivity index (χ0n) is 7.06. The van der Waals surface area contributed by atoms with Gasteiger partial charge >= 0.3 is 0 Å². The Hall–Kier alpha value is -1.13. The van der Waals surface area contributed by atoms with Gasteiger partial charge in [-0.15, -0.1) is 0 Å². The van der Waals surface area contributed by atoms with E-state index in [9.17, 15) is 8.76 Å². The van der Waals surface area contributed by atoms with Crippen LogP contribution in [0.4, 0.5) is 0 Å². The lowest BCUT2D eigenvalue weighted by molar-refractivity contribution is 0.537. The first kappa shape index (κ1) is 8.47. The van der Waals surface area contributed by atoms with E-state index in [-0.39, 0.29) is 0 Å². The second-order valence-electron chi connectivity index (χ2n) is 2.88. The smallest absolute Gasteiger partial charge is 0.0478 e. The van der Waals surface area contributed by atoms with Gasteiger partial charge in [-0.05, 0) is 35.3 Å². The predicted molar refractivity (Wildman–Crippen MR) is 50.1 cm³/mol. The van der Waals surface area contributed by atoms with Crippen molar-refractivity contribution in [2.24, 2.45) is 7.05 Å². The lowest BCUT2D eigenvalue weighted by atomic mass is 10.2. The zero-order valence-corrected chi connectivity index (χ0v) is 7.88. The van der Waals surface area contributed by atoms with Gasteiger partial charge in [0.15, 0.2) is 0 Å². The molecule has 2 rings (SSSR count). The second kappa shape index (κ2) is 2.97. The maximum atomic E-state index is 10.6. The SMILES string of the molecule is Cn1ccc2cc(S(=O)[O-])ccc21. The maximum Gasteiger partial charge on any atom is 0.0478 e. The highest BCUT2D eigenvalue weighted by molar-refractivity contribution is 7.79. The summed E-state index contributed by atoms with van der Waals surface area (Å²) in [6.07, 6.45) is 1.90. The van der Waals surface area contributed by atoms with E-state index < -0.39 is 11.1 Å². The molecule has 0 fully saturated rings. The lowest BCUT2D eigenvalue weighted by Gasteiger charge is -2.04. The van der Waals surface area contributed by atoms with Crippen LogP contribution in [0.3, 0.4) is 0 Å². The van der Waals surface area contributed by atoms with E-state index in [0.717, 1.165) is 10.9 Å². The minimum absolute atomic E-state index is 0.332. The summed E-state index contributed by atoms with van der Waals surface area (Å²) in [4.78, 5) is 0.332. The quantitative estimate of drug-likeness (QED) is 0.644. The zero-order chi connectivity index (χ0) is 9.42. The van der Waals surface area contributed by atoms with Gasteiger partial charge in [0.05, 0.1) is 0 Å². The number of benzene rings is 1. The van der Waals surface area contributed by atoms with Gasteiger partial charge < -0.3 is 9.12 Å². The molecule has 1 unspecified atom stereocenters. The van der Waals surface area contributed by atoms with Crippen LogP contribution >= 0.6 is 0 Å². The van der Waals surface area contributed by atoms with E-state index in [4.69, 9.17) is 0 Å². The molecule has 1 atom stereocenters. The van der Waals surface area contributed by atoms with E-state index in [2.05, 4.69) is 0 Å². The van der Waals surface area contributed by atoms with E-state index in [0.29, 0.717) is 4.90 Å². The van der Waals surface area contributed by atoms with Crippen molar-refractivity contribution in [3.8, 4) is 0 Å². The highest BCUT2D eigenvalue weighted by Gasteiger charge is 1.98. The number of aromatic nitrogens is 1. The minimum Gasteiger partial charge on any atom is -0.768 e. The van der Waals surface area contributed by atoms with Crippen molar-refractivity contribution in [2.75, 3.05) is 0 Å². The molecule has 0 aliphatic carbocycles. The van der Waals surface area contributed by atoms with Gasteiger partial charge in [0.1, 0.15) is 0 Å². The number of hydrogen-bond acceptors (Lipinski definition) is 2. The van der Waals surface area contributed by atoms with Crippen molar-refractivity contribution in [1.82, 2.24) is 4.57 Å². The normalized spacial score (nSPS) is 13.4. The molecule has 0 saturated heterocycles. The molecule has 0 bridgehead atoms. The average molecular weight is 194 g/mol. The molecule has 0 radical (unpaired) electrons. The monoisotopic (exact) mass is 194 g/mol. The molecule has 0 saturated carbocycles. The maximum absolute atomic E-state index is 10.6. The molecule has 0 aliphatic heterocycles. The van der Waals surface area contributed by atoms with Gasteiger partial charge in [-0.1, -0.05) is 0 Å². The highest BCUT2D eigenvalue weighted by atomic mass is 32.2. The molecular weight excluding hydrogens is 186 g/mol. The Bertz CT molecular complexity index is 475. The first-order chi connectivity index (χ1) is 6.18. The number of nitrogens with zero attached hydrogens (tertiary/aromatic N) is 1. The van der Waals surface area contributed by atoms with Crippen LogP contribution in [0.15, 0.2) is 35.4 Å². The van der Waals surface area contributed by atoms with Crippen LogP contribution in [0.5, 0.6) is 0 Å². The third-order valence-electron chi connectivity index (χ3n) is 2.05. The molecule has 1 aromatic carbocycles. The molecule has 0 spiro atoms. The average Bonchev–Trinajstić information content (AvgIpc) is 2.47. The van der Waals surface area contributed by atoms with Crippen molar-refractivity contribution in [2.45, 2.75) is 4.90 Å². The molecule has 2 aromatic rings. The molecule has 4 heteroatoms. The third-order valence-corrected chi connectivity index (χ3v) is 2.69. The van der Waals surface area contributed by atoms with Gasteiger partial charge in [-0.2, -0.15) is 0 Å². The van der Waals surface area contributed by atoms with Gasteiger partial charge in [0.2, 0.25) is 0 Å². The Labute approximate surface area is 78.3 Å². The lowest BCUT2D eigenvalue weighted by Crippen LogP contribution is -1.89. The summed E-state index contributed by atoms with van der Waals surface area (Å²) < 4.78 is 23.2. The summed E-state index contributed by atoms with van der Waals surface area (Å²) in [5, 5.41) is 0.948. The van der Waals surface area contributed by atoms with Crippen molar-refractivity contribution < 1.29 is 8.76 Å². The van der Waals surface area contributed by atoms with Gasteiger partial charge in [-0.3, -0.25) is 4.21 Å². The molecule has 1 aromatic heterocycles. The number of hydrogen-bond donors (Lipinski definition) is 0. The summed E-state index contributed by atoms with van der Waals surface area (Å²) in [6.45, 7) is 0. The molecule has 0 aliphatic rings. The minimum atomic E-state index is -2.13. The van der Waals surface area contributed by atoms with Crippen molar-refractivity contribution >= 4 is 22.0 Å². The first-order valence-electron chi connectivity index (χ1n) is 3.83. The Morgan fingerprint density at radius 3 is 2.85 bits per heavy atom. The van der Waals surface area contributed by atoms with E-state index >= 15 is 0 Å². The van der Waals surface area contributed by atoms with Crippen molar-refractivity contribution in [1.29, 1.82) is 0 Å². The fourth-order valence-electron chi connectivity index (χ4n) is 1.36. The number of aryl methyl sites for hydroxylation is 1. The summed E-state index contributed by atoms with van der Waals surface area (Å²) in [5.41, 5.74) is 1.04. The fourth-order valence-corrected chi connectivity index (χ4v) is 1.77. The fraction of sp³-hybridized carbons (Fsp3) is 0.111. The van der Waals surface area contributed by atoms with E-state index in [1.54, 1.807) is 18.2 Å². The summed E-state index contributed by atoms with van der Waals surface area (Å²) in [5.74, 6) is 0. The Balaban J connectivity index is 2.70. The predicted octanol–water partition coefficient (Wildman–Crippen LogP) is 1.42. The second-order valence-corrected chi connectivity index (χ2v) is 3.82. The molecule has 68 valence electrons. The van der Waals surface area contributed by atoms with Crippen molar-refractivity contribution in [3.63, 3.8) is 0 Å². The summed E-state index contributed by atoms with van der Waals surface area (Å²) in [7, 11) is 1.93. The van der Waals surface area contributed by atoms with Crippen LogP contribution in [0.1, 0.15) is 0 Å². The topological polar surface area (TPSA) is 45.1 Å². The van der Waals surface area contributed by atoms with Crippen LogP contribution in [0, 0.1) is 0 Å². The molecule has 1 heterocycles. The standard InChI is InChI=1S/C9H9NO2S/c1-10-5-4-7-6-8(13(11)12)2-3-9(7)10/h2-6H,1H3,(H,11,12)/p-1. The first-order valence-corrected chi connectivity index (χ1v) is 4.90. The molecule has 13 heavy (non-hydrogen) atoms. The van der Waals surface area contributed by atoms with E-state index in [1.165, 1.54) is 0 Å². The van der Waals surface area contributed by atoms with Crippen LogP contribution in [0.25, 0.3) is 10.9 Å². The van der Waals surface area contributed by atoms with Crippen LogP contribution < -0.4 is 0 Å². The Morgan fingerprint density at radius 1 is 1.38 bits per heavy atom. The number of rotatable bonds is 1. The van der Waals surface area contributed by atoms with Gasteiger partial charge in [-0.25, -0.2) is 0 Å². The third kappa shape index (κ3) is 1.38. The molecule has 3 nitrogen and oxygen atoms in total. The molecule has 0 N–H and O–H groups in total. The Morgan fingerprint density at radius 2 is 2.15 bits per heavy atom. The molecular formula is C9H8NO2S-. The van der Waals surface area contributed by atoms with Crippen LogP contribution in [0.2, 0.25) is 0 Å². The Kier molecular flexibility index (Phi) is 1.94. The number of fused-ring (bicyclic) bond motifs is 1. The largest absolute Gasteiger partial charge is 0.768 e. The van der Waals surface area contributed by atoms with E-state index in [1.807, 2.05) is 23.9 Å². The van der Waals surface area contributed by atoms with Gasteiger partial charge in [0.25, 0.3) is 0 Å². The van der Waals surface area contributed by atoms with Crippen molar-refractivity contribution in [3.05, 3.63) is 30.5 Å². The van der Waals surface area contributed by atoms with Crippen LogP contribution in [-0.2, 0) is 18.1 Å². The summed E-state index contributed by atoms with van der Waals surface area (Å²) in [6, 6.07) is 6.97. The van der Waals surface area contributed by atoms with Gasteiger partial charge in [0, 0.05) is 29.0 Å².